The molecular weight excluding hydrogens is 461 g/mol. The molecule has 3 aromatic rings. The minimum absolute atomic E-state index is 0. The van der Waals surface area contributed by atoms with Crippen molar-refractivity contribution in [2.24, 2.45) is 12.0 Å². The number of nitrogens with one attached hydrogen (secondary N) is 2. The third-order valence-corrected chi connectivity index (χ3v) is 4.41. The Hall–Kier alpha value is -2.01. The fourth-order valence-corrected chi connectivity index (χ4v) is 2.99. The summed E-state index contributed by atoms with van der Waals surface area (Å²) in [6.45, 7) is 3.93. The number of aromatic nitrogens is 4. The van der Waals surface area contributed by atoms with E-state index >= 15 is 0 Å². The number of halogens is 1. The van der Waals surface area contributed by atoms with E-state index in [0.29, 0.717) is 13.1 Å². The maximum atomic E-state index is 4.68. The van der Waals surface area contributed by atoms with E-state index < -0.39 is 0 Å². The van der Waals surface area contributed by atoms with E-state index in [2.05, 4.69) is 48.2 Å². The molecule has 2 aromatic heterocycles. The molecule has 26 heavy (non-hydrogen) atoms. The third-order valence-electron chi connectivity index (χ3n) is 3.56. The zero-order valence-electron chi connectivity index (χ0n) is 14.7. The topological polar surface area (TPSA) is 80.0 Å². The number of aryl methyl sites for hydroxylation is 1. The fourth-order valence-electron chi connectivity index (χ4n) is 2.25. The van der Waals surface area contributed by atoms with Gasteiger partial charge in [-0.15, -0.1) is 35.3 Å². The van der Waals surface area contributed by atoms with E-state index in [0.717, 1.165) is 34.6 Å². The lowest BCUT2D eigenvalue weighted by molar-refractivity contribution is 0.697. The van der Waals surface area contributed by atoms with Crippen LogP contribution in [0.1, 0.15) is 17.8 Å². The van der Waals surface area contributed by atoms with Gasteiger partial charge in [-0.1, -0.05) is 30.3 Å². The molecule has 9 heteroatoms. The number of benzene rings is 1. The van der Waals surface area contributed by atoms with Crippen molar-refractivity contribution < 1.29 is 0 Å². The number of hydrogen-bond donors (Lipinski definition) is 2. The van der Waals surface area contributed by atoms with Gasteiger partial charge >= 0.3 is 0 Å². The molecule has 0 saturated heterocycles. The highest BCUT2D eigenvalue weighted by Crippen LogP contribution is 2.21. The van der Waals surface area contributed by atoms with E-state index in [1.165, 1.54) is 6.33 Å². The smallest absolute Gasteiger partial charge is 0.192 e. The van der Waals surface area contributed by atoms with Crippen LogP contribution < -0.4 is 10.6 Å². The molecule has 0 aliphatic carbocycles. The van der Waals surface area contributed by atoms with Crippen molar-refractivity contribution in [3.05, 3.63) is 52.9 Å². The predicted molar refractivity (Wildman–Crippen MR) is 116 cm³/mol. The van der Waals surface area contributed by atoms with Crippen LogP contribution in [0.3, 0.4) is 0 Å². The van der Waals surface area contributed by atoms with Crippen LogP contribution in [0.2, 0.25) is 0 Å². The van der Waals surface area contributed by atoms with Crippen LogP contribution in [-0.2, 0) is 20.1 Å². The minimum atomic E-state index is 0. The Morgan fingerprint density at radius 2 is 2.04 bits per heavy atom. The molecule has 0 aliphatic heterocycles. The summed E-state index contributed by atoms with van der Waals surface area (Å²) in [5.74, 6) is 1.56. The van der Waals surface area contributed by atoms with Gasteiger partial charge in [0.05, 0.1) is 12.2 Å². The molecule has 0 fully saturated rings. The van der Waals surface area contributed by atoms with Crippen molar-refractivity contribution in [1.29, 1.82) is 0 Å². The van der Waals surface area contributed by atoms with Crippen LogP contribution in [0.25, 0.3) is 11.3 Å². The van der Waals surface area contributed by atoms with Crippen LogP contribution in [-0.4, -0.2) is 32.3 Å². The lowest BCUT2D eigenvalue weighted by atomic mass is 10.2. The molecule has 2 N–H and O–H groups in total. The molecule has 0 saturated carbocycles. The minimum Gasteiger partial charge on any atom is -0.357 e. The first-order chi connectivity index (χ1) is 12.3. The van der Waals surface area contributed by atoms with Crippen molar-refractivity contribution in [3.63, 3.8) is 0 Å². The second-order valence-electron chi connectivity index (χ2n) is 5.34. The molecular formula is C17H22IN7S. The van der Waals surface area contributed by atoms with Gasteiger partial charge in [0.15, 0.2) is 5.96 Å². The van der Waals surface area contributed by atoms with Crippen molar-refractivity contribution in [2.45, 2.75) is 20.0 Å². The zero-order chi connectivity index (χ0) is 17.5. The van der Waals surface area contributed by atoms with Crippen LogP contribution in [0.15, 0.2) is 47.0 Å². The Morgan fingerprint density at radius 1 is 1.23 bits per heavy atom. The Labute approximate surface area is 174 Å². The quantitative estimate of drug-likeness (QED) is 0.320. The summed E-state index contributed by atoms with van der Waals surface area (Å²) in [4.78, 5) is 13.4. The molecule has 0 radical (unpaired) electrons. The van der Waals surface area contributed by atoms with Gasteiger partial charge in [0.2, 0.25) is 0 Å². The molecule has 0 atom stereocenters. The average molecular weight is 483 g/mol. The number of hydrogen-bond acceptors (Lipinski definition) is 5. The van der Waals surface area contributed by atoms with Gasteiger partial charge in [-0.05, 0) is 6.92 Å². The molecule has 2 heterocycles. The maximum Gasteiger partial charge on any atom is 0.192 e. The summed E-state index contributed by atoms with van der Waals surface area (Å²) in [6.07, 6.45) is 1.53. The normalized spacial score (nSPS) is 11.1. The van der Waals surface area contributed by atoms with Crippen LogP contribution in [0, 0.1) is 0 Å². The summed E-state index contributed by atoms with van der Waals surface area (Å²) in [7, 11) is 1.86. The second kappa shape index (κ2) is 10.2. The van der Waals surface area contributed by atoms with E-state index in [1.807, 2.05) is 32.2 Å². The Kier molecular flexibility index (Phi) is 7.98. The van der Waals surface area contributed by atoms with Gasteiger partial charge in [0.25, 0.3) is 0 Å². The van der Waals surface area contributed by atoms with E-state index in [-0.39, 0.29) is 24.0 Å². The molecule has 0 spiro atoms. The molecule has 0 aliphatic rings. The zero-order valence-corrected chi connectivity index (χ0v) is 17.9. The molecule has 1 aromatic carbocycles. The third kappa shape index (κ3) is 5.49. The lowest BCUT2D eigenvalue weighted by Gasteiger charge is -2.09. The van der Waals surface area contributed by atoms with Crippen LogP contribution in [0.5, 0.6) is 0 Å². The average Bonchev–Trinajstić information content (AvgIpc) is 3.27. The number of nitrogens with zero attached hydrogens (tertiary/aromatic N) is 5. The first-order valence-corrected chi connectivity index (χ1v) is 8.99. The number of aliphatic imine (C=N–C) groups is 1. The SMILES string of the molecule is CCNC(=NCc1ncnn1C)NCc1nc(-c2ccccc2)cs1.I. The van der Waals surface area contributed by atoms with Crippen molar-refractivity contribution in [1.82, 2.24) is 30.4 Å². The molecule has 7 nitrogen and oxygen atoms in total. The van der Waals surface area contributed by atoms with Crippen molar-refractivity contribution in [2.75, 3.05) is 6.54 Å². The summed E-state index contributed by atoms with van der Waals surface area (Å²) in [5, 5.41) is 13.7. The van der Waals surface area contributed by atoms with Gasteiger partial charge in [-0.2, -0.15) is 5.10 Å². The molecule has 138 valence electrons. The largest absolute Gasteiger partial charge is 0.357 e. The molecule has 0 unspecified atom stereocenters. The van der Waals surface area contributed by atoms with Crippen molar-refractivity contribution in [3.8, 4) is 11.3 Å². The van der Waals surface area contributed by atoms with Crippen molar-refractivity contribution >= 4 is 41.3 Å². The highest BCUT2D eigenvalue weighted by Gasteiger charge is 2.06. The van der Waals surface area contributed by atoms with E-state index in [9.17, 15) is 0 Å². The summed E-state index contributed by atoms with van der Waals surface area (Å²) < 4.78 is 1.72. The van der Waals surface area contributed by atoms with Gasteiger partial charge in [-0.25, -0.2) is 15.0 Å². The van der Waals surface area contributed by atoms with Gasteiger partial charge in [0, 0.05) is 24.5 Å². The molecule has 0 bridgehead atoms. The first kappa shape index (κ1) is 20.3. The van der Waals surface area contributed by atoms with E-state index in [1.54, 1.807) is 16.0 Å². The van der Waals surface area contributed by atoms with E-state index in [4.69, 9.17) is 0 Å². The monoisotopic (exact) mass is 483 g/mol. The van der Waals surface area contributed by atoms with Gasteiger partial charge < -0.3 is 10.6 Å². The van der Waals surface area contributed by atoms with Gasteiger partial charge in [0.1, 0.15) is 23.7 Å². The Balaban J connectivity index is 0.00000243. The number of rotatable bonds is 6. The molecule has 3 rings (SSSR count). The molecule has 0 amide bonds. The summed E-state index contributed by atoms with van der Waals surface area (Å²) >= 11 is 1.64. The lowest BCUT2D eigenvalue weighted by Crippen LogP contribution is -2.36. The summed E-state index contributed by atoms with van der Waals surface area (Å²) in [6, 6.07) is 10.2. The summed E-state index contributed by atoms with van der Waals surface area (Å²) in [5.41, 5.74) is 2.14. The predicted octanol–water partition coefficient (Wildman–Crippen LogP) is 2.81. The fraction of sp³-hybridized carbons (Fsp3) is 0.294. The standard InChI is InChI=1S/C17H21N7S.HI/c1-3-18-17(19-9-15-21-12-22-24(15)2)20-10-16-23-14(11-25-16)13-7-5-4-6-8-13;/h4-8,11-12H,3,9-10H2,1-2H3,(H2,18,19,20);1H. The van der Waals surface area contributed by atoms with Crippen LogP contribution >= 0.6 is 35.3 Å². The maximum absolute atomic E-state index is 4.68. The van der Waals surface area contributed by atoms with Gasteiger partial charge in [-0.3, -0.25) is 4.68 Å². The Morgan fingerprint density at radius 3 is 2.73 bits per heavy atom. The highest BCUT2D eigenvalue weighted by atomic mass is 127. The van der Waals surface area contributed by atoms with Crippen LogP contribution in [0.4, 0.5) is 0 Å². The number of guanidine groups is 1. The Bertz CT molecular complexity index is 829. The first-order valence-electron chi connectivity index (χ1n) is 8.11. The number of thiazole rings is 1. The highest BCUT2D eigenvalue weighted by molar-refractivity contribution is 14.0. The second-order valence-corrected chi connectivity index (χ2v) is 6.28.